The first-order chi connectivity index (χ1) is 9.72. The highest BCUT2D eigenvalue weighted by Gasteiger charge is 2.28. The van der Waals surface area contributed by atoms with Gasteiger partial charge in [-0.3, -0.25) is 4.79 Å². The molecule has 3 N–H and O–H groups in total. The van der Waals surface area contributed by atoms with E-state index < -0.39 is 0 Å². The number of rotatable bonds is 4. The molecule has 0 saturated carbocycles. The number of primary amides is 1. The Morgan fingerprint density at radius 3 is 3.15 bits per heavy atom. The van der Waals surface area contributed by atoms with E-state index in [1.807, 2.05) is 0 Å². The van der Waals surface area contributed by atoms with Crippen molar-refractivity contribution in [1.29, 1.82) is 0 Å². The second kappa shape index (κ2) is 5.46. The summed E-state index contributed by atoms with van der Waals surface area (Å²) in [7, 11) is 0. The number of hydrogen-bond acceptors (Lipinski definition) is 5. The molecule has 20 heavy (non-hydrogen) atoms. The quantitative estimate of drug-likeness (QED) is 0.793. The summed E-state index contributed by atoms with van der Waals surface area (Å²) in [5, 5.41) is 7.99. The molecule has 2 aromatic heterocycles. The molecule has 1 amide bonds. The maximum absolute atomic E-state index is 11.3. The molecule has 1 aliphatic rings. The van der Waals surface area contributed by atoms with Gasteiger partial charge in [-0.05, 0) is 25.0 Å². The molecule has 1 unspecified atom stereocenters. The van der Waals surface area contributed by atoms with E-state index in [1.54, 1.807) is 18.4 Å². The van der Waals surface area contributed by atoms with Gasteiger partial charge in [0.15, 0.2) is 12.3 Å². The smallest absolute Gasteiger partial charge is 0.283 e. The van der Waals surface area contributed by atoms with E-state index in [0.717, 1.165) is 25.9 Å². The van der Waals surface area contributed by atoms with Gasteiger partial charge < -0.3 is 19.5 Å². The van der Waals surface area contributed by atoms with Gasteiger partial charge in [-0.1, -0.05) is 0 Å². The maximum Gasteiger partial charge on any atom is 0.283 e. The molecule has 1 fully saturated rings. The van der Waals surface area contributed by atoms with Gasteiger partial charge in [0.2, 0.25) is 5.91 Å². The Labute approximate surface area is 115 Å². The molecule has 0 bridgehead atoms. The molecular weight excluding hydrogens is 260 g/mol. The average molecular weight is 277 g/mol. The van der Waals surface area contributed by atoms with E-state index in [0.29, 0.717) is 24.1 Å². The molecular formula is C13H17N4O3+. The van der Waals surface area contributed by atoms with Gasteiger partial charge >= 0.3 is 0 Å². The van der Waals surface area contributed by atoms with Crippen LogP contribution in [0.25, 0.3) is 11.7 Å². The van der Waals surface area contributed by atoms with Crippen LogP contribution in [0.5, 0.6) is 0 Å². The van der Waals surface area contributed by atoms with Crippen molar-refractivity contribution >= 4 is 5.91 Å². The molecule has 0 aromatic carbocycles. The summed E-state index contributed by atoms with van der Waals surface area (Å²) in [4.78, 5) is 12.5. The zero-order chi connectivity index (χ0) is 13.9. The summed E-state index contributed by atoms with van der Waals surface area (Å²) in [5.41, 5.74) is 5.37. The second-order valence-electron chi connectivity index (χ2n) is 5.10. The highest BCUT2D eigenvalue weighted by atomic mass is 16.4. The monoisotopic (exact) mass is 277 g/mol. The van der Waals surface area contributed by atoms with Crippen LogP contribution in [0.2, 0.25) is 0 Å². The lowest BCUT2D eigenvalue weighted by Gasteiger charge is -2.26. The second-order valence-corrected chi connectivity index (χ2v) is 5.10. The van der Waals surface area contributed by atoms with Gasteiger partial charge in [-0.2, -0.15) is 0 Å². The van der Waals surface area contributed by atoms with Gasteiger partial charge in [0, 0.05) is 0 Å². The largest absolute Gasteiger partial charge is 0.459 e. The molecule has 0 radical (unpaired) electrons. The van der Waals surface area contributed by atoms with Crippen LogP contribution >= 0.6 is 0 Å². The minimum Gasteiger partial charge on any atom is -0.459 e. The topological polar surface area (TPSA) is 99.6 Å². The third kappa shape index (κ3) is 2.72. The number of nitrogens with zero attached hydrogens (tertiary/aromatic N) is 2. The number of nitrogens with two attached hydrogens (primary N) is 1. The molecule has 7 nitrogen and oxygen atoms in total. The van der Waals surface area contributed by atoms with Crippen molar-refractivity contribution in [3.8, 4) is 11.7 Å². The van der Waals surface area contributed by atoms with E-state index in [2.05, 4.69) is 10.2 Å². The number of carbonyl (C=O) groups excluding carboxylic acids is 1. The van der Waals surface area contributed by atoms with Crippen molar-refractivity contribution in [3.05, 3.63) is 24.3 Å². The van der Waals surface area contributed by atoms with Gasteiger partial charge in [0.25, 0.3) is 11.8 Å². The summed E-state index contributed by atoms with van der Waals surface area (Å²) in [5.74, 6) is 1.23. The number of quaternary nitrogens is 1. The fourth-order valence-electron chi connectivity index (χ4n) is 2.59. The first-order valence-corrected chi connectivity index (χ1v) is 6.71. The van der Waals surface area contributed by atoms with Gasteiger partial charge in [-0.25, -0.2) is 0 Å². The lowest BCUT2D eigenvalue weighted by Crippen LogP contribution is -3.12. The van der Waals surface area contributed by atoms with Crippen LogP contribution in [0.3, 0.4) is 0 Å². The van der Waals surface area contributed by atoms with Crippen molar-refractivity contribution in [3.63, 3.8) is 0 Å². The Morgan fingerprint density at radius 2 is 2.40 bits per heavy atom. The lowest BCUT2D eigenvalue weighted by molar-refractivity contribution is -0.922. The van der Waals surface area contributed by atoms with E-state index in [1.165, 1.54) is 4.90 Å². The van der Waals surface area contributed by atoms with Gasteiger partial charge in [0.05, 0.1) is 25.3 Å². The molecule has 3 rings (SSSR count). The predicted octanol–water partition coefficient (Wildman–Crippen LogP) is -0.390. The Hall–Kier alpha value is -2.15. The molecule has 0 aliphatic carbocycles. The Morgan fingerprint density at radius 1 is 1.50 bits per heavy atom. The van der Waals surface area contributed by atoms with Gasteiger partial charge in [-0.15, -0.1) is 10.2 Å². The Kier molecular flexibility index (Phi) is 3.51. The van der Waals surface area contributed by atoms with Crippen LogP contribution in [0, 0.1) is 5.92 Å². The summed E-state index contributed by atoms with van der Waals surface area (Å²) < 4.78 is 10.8. The van der Waals surface area contributed by atoms with E-state index in [9.17, 15) is 4.79 Å². The Balaban J connectivity index is 1.64. The first-order valence-electron chi connectivity index (χ1n) is 6.71. The maximum atomic E-state index is 11.3. The summed E-state index contributed by atoms with van der Waals surface area (Å²) in [6, 6.07) is 3.54. The average Bonchev–Trinajstić information content (AvgIpc) is 3.09. The molecule has 2 aromatic rings. The molecule has 1 aliphatic heterocycles. The molecule has 7 heteroatoms. The number of carbonyl (C=O) groups is 1. The minimum atomic E-state index is -0.219. The number of furan rings is 1. The summed E-state index contributed by atoms with van der Waals surface area (Å²) >= 11 is 0. The number of amides is 1. The van der Waals surface area contributed by atoms with Crippen molar-refractivity contribution in [2.24, 2.45) is 11.7 Å². The van der Waals surface area contributed by atoms with Crippen molar-refractivity contribution in [1.82, 2.24) is 10.2 Å². The first kappa shape index (κ1) is 12.9. The number of likely N-dealkylation sites (tertiary alicyclic amines) is 1. The Bertz CT molecular complexity index is 578. The zero-order valence-corrected chi connectivity index (χ0v) is 11.0. The summed E-state index contributed by atoms with van der Waals surface area (Å²) in [6.07, 6.45) is 3.43. The minimum absolute atomic E-state index is 0.0498. The van der Waals surface area contributed by atoms with Crippen LogP contribution < -0.4 is 10.6 Å². The number of hydrogen-bond donors (Lipinski definition) is 2. The number of nitrogens with one attached hydrogen (secondary N) is 1. The van der Waals surface area contributed by atoms with Crippen LogP contribution in [-0.4, -0.2) is 29.2 Å². The van der Waals surface area contributed by atoms with Crippen LogP contribution in [0.15, 0.2) is 27.2 Å². The molecule has 106 valence electrons. The van der Waals surface area contributed by atoms with Gasteiger partial charge in [0.1, 0.15) is 0 Å². The van der Waals surface area contributed by atoms with Crippen molar-refractivity contribution in [2.75, 3.05) is 13.1 Å². The standard InChI is InChI=1S/C13H16N4O3/c14-12(18)9-3-1-5-17(7-9)8-11-15-16-13(20-11)10-4-2-6-19-10/h2,4,6,9H,1,3,5,7-8H2,(H2,14,18)/p+1/t9-/m1/s1. The SMILES string of the molecule is NC(=O)[C@@H]1CCC[NH+](Cc2nnc(-c3ccco3)o2)C1. The number of aromatic nitrogens is 2. The van der Waals surface area contributed by atoms with E-state index in [-0.39, 0.29) is 11.8 Å². The van der Waals surface area contributed by atoms with E-state index >= 15 is 0 Å². The van der Waals surface area contributed by atoms with Crippen LogP contribution in [-0.2, 0) is 11.3 Å². The third-order valence-corrected chi connectivity index (χ3v) is 3.62. The highest BCUT2D eigenvalue weighted by molar-refractivity contribution is 5.76. The number of piperidine rings is 1. The molecule has 2 atom stereocenters. The molecule has 1 saturated heterocycles. The van der Waals surface area contributed by atoms with Crippen molar-refractivity contribution in [2.45, 2.75) is 19.4 Å². The molecule has 3 heterocycles. The fourth-order valence-corrected chi connectivity index (χ4v) is 2.59. The molecule has 0 spiro atoms. The highest BCUT2D eigenvalue weighted by Crippen LogP contribution is 2.17. The van der Waals surface area contributed by atoms with Crippen LogP contribution in [0.1, 0.15) is 18.7 Å². The normalized spacial score (nSPS) is 22.8. The summed E-state index contributed by atoms with van der Waals surface area (Å²) in [6.45, 7) is 2.33. The fraction of sp³-hybridized carbons (Fsp3) is 0.462. The van der Waals surface area contributed by atoms with Crippen LogP contribution in [0.4, 0.5) is 0 Å². The van der Waals surface area contributed by atoms with E-state index in [4.69, 9.17) is 14.6 Å². The predicted molar refractivity (Wildman–Crippen MR) is 68.3 cm³/mol. The lowest BCUT2D eigenvalue weighted by atomic mass is 9.97. The third-order valence-electron chi connectivity index (χ3n) is 3.62. The zero-order valence-electron chi connectivity index (χ0n) is 11.0. The van der Waals surface area contributed by atoms with Crippen molar-refractivity contribution < 1.29 is 18.5 Å².